The molecule has 0 saturated carbocycles. The van der Waals surface area contributed by atoms with E-state index in [9.17, 15) is 0 Å². The molecule has 2 rings (SSSR count). The zero-order valence-electron chi connectivity index (χ0n) is 14.2. The quantitative estimate of drug-likeness (QED) is 0.730. The molecule has 1 aliphatic heterocycles. The smallest absolute Gasteiger partial charge is 0.161 e. The van der Waals surface area contributed by atoms with Gasteiger partial charge < -0.3 is 18.9 Å². The van der Waals surface area contributed by atoms with E-state index in [1.54, 1.807) is 0 Å². The zero-order chi connectivity index (χ0) is 16.1. The Morgan fingerprint density at radius 2 is 1.09 bits per heavy atom. The molecule has 0 fully saturated rings. The molecule has 1 aromatic rings. The van der Waals surface area contributed by atoms with Crippen molar-refractivity contribution in [2.24, 2.45) is 0 Å². The number of rotatable bonds is 0. The van der Waals surface area contributed by atoms with Crippen LogP contribution in [0.25, 0.3) is 0 Å². The maximum atomic E-state index is 6.04. The van der Waals surface area contributed by atoms with Gasteiger partial charge in [-0.3, -0.25) is 0 Å². The Bertz CT molecular complexity index is 425. The highest BCUT2D eigenvalue weighted by atomic mass is 16.6. The lowest BCUT2D eigenvalue weighted by atomic mass is 9.89. The number of fused-ring (bicyclic) bond motifs is 1. The van der Waals surface area contributed by atoms with E-state index in [0.29, 0.717) is 26.4 Å². The van der Waals surface area contributed by atoms with Crippen LogP contribution >= 0.6 is 0 Å². The third kappa shape index (κ3) is 4.37. The minimum Gasteiger partial charge on any atom is -0.490 e. The second-order valence-electron chi connectivity index (χ2n) is 6.57. The molecule has 4 nitrogen and oxygen atoms in total. The van der Waals surface area contributed by atoms with E-state index in [2.05, 4.69) is 27.7 Å². The summed E-state index contributed by atoms with van der Waals surface area (Å²) in [7, 11) is 0. The van der Waals surface area contributed by atoms with Crippen LogP contribution in [-0.2, 0) is 9.47 Å². The van der Waals surface area contributed by atoms with Crippen LogP contribution in [0.15, 0.2) is 24.3 Å². The standard InChI is InChI=1S/C18H28O4/c1-17(2)18(3,4)22-14-8-12-20-16-10-6-5-9-15(16)19-11-7-13-21-17/h5-6,9-10H,7-8,11-14H2,1-4H3. The van der Waals surface area contributed by atoms with E-state index in [4.69, 9.17) is 18.9 Å². The molecule has 0 spiro atoms. The van der Waals surface area contributed by atoms with Crippen molar-refractivity contribution in [1.82, 2.24) is 0 Å². The second kappa shape index (κ2) is 7.34. The van der Waals surface area contributed by atoms with Crippen molar-refractivity contribution in [3.63, 3.8) is 0 Å². The van der Waals surface area contributed by atoms with Crippen molar-refractivity contribution in [3.05, 3.63) is 24.3 Å². The molecule has 0 N–H and O–H groups in total. The van der Waals surface area contributed by atoms with Gasteiger partial charge in [0.1, 0.15) is 0 Å². The Hall–Kier alpha value is -1.26. The predicted octanol–water partition coefficient (Wildman–Crippen LogP) is 3.83. The van der Waals surface area contributed by atoms with Gasteiger partial charge >= 0.3 is 0 Å². The fraction of sp³-hybridized carbons (Fsp3) is 0.667. The summed E-state index contributed by atoms with van der Waals surface area (Å²) in [6.07, 6.45) is 1.65. The molecule has 22 heavy (non-hydrogen) atoms. The molecule has 1 heterocycles. The largest absolute Gasteiger partial charge is 0.490 e. The van der Waals surface area contributed by atoms with Crippen LogP contribution in [0, 0.1) is 0 Å². The van der Waals surface area contributed by atoms with Gasteiger partial charge in [-0.2, -0.15) is 0 Å². The molecule has 1 aromatic carbocycles. The highest BCUT2D eigenvalue weighted by Crippen LogP contribution is 2.30. The summed E-state index contributed by atoms with van der Waals surface area (Å²) >= 11 is 0. The fourth-order valence-corrected chi connectivity index (χ4v) is 2.17. The number of benzene rings is 1. The van der Waals surface area contributed by atoms with E-state index < -0.39 is 0 Å². The summed E-state index contributed by atoms with van der Waals surface area (Å²) in [6.45, 7) is 10.8. The van der Waals surface area contributed by atoms with Gasteiger partial charge in [0.15, 0.2) is 11.5 Å². The minimum absolute atomic E-state index is 0.351. The van der Waals surface area contributed by atoms with Gasteiger partial charge in [0.25, 0.3) is 0 Å². The fourth-order valence-electron chi connectivity index (χ4n) is 2.17. The van der Waals surface area contributed by atoms with Crippen molar-refractivity contribution in [1.29, 1.82) is 0 Å². The van der Waals surface area contributed by atoms with Gasteiger partial charge in [-0.15, -0.1) is 0 Å². The van der Waals surface area contributed by atoms with Gasteiger partial charge in [-0.1, -0.05) is 12.1 Å². The molecule has 0 bridgehead atoms. The SMILES string of the molecule is CC1(C)OCCCOc2ccccc2OCCCOC1(C)C. The first-order valence-corrected chi connectivity index (χ1v) is 8.05. The Labute approximate surface area is 133 Å². The van der Waals surface area contributed by atoms with Crippen LogP contribution in [0.4, 0.5) is 0 Å². The van der Waals surface area contributed by atoms with Gasteiger partial charge in [0.05, 0.1) is 37.6 Å². The van der Waals surface area contributed by atoms with E-state index in [1.165, 1.54) is 0 Å². The number of hydrogen-bond donors (Lipinski definition) is 0. The van der Waals surface area contributed by atoms with Gasteiger partial charge in [-0.25, -0.2) is 0 Å². The molecule has 0 aliphatic carbocycles. The molecule has 0 saturated heterocycles. The topological polar surface area (TPSA) is 36.9 Å². The monoisotopic (exact) mass is 308 g/mol. The first-order valence-electron chi connectivity index (χ1n) is 8.05. The van der Waals surface area contributed by atoms with Crippen LogP contribution in [0.2, 0.25) is 0 Å². The molecule has 1 aliphatic rings. The first-order chi connectivity index (χ1) is 10.4. The maximum Gasteiger partial charge on any atom is 0.161 e. The average molecular weight is 308 g/mol. The van der Waals surface area contributed by atoms with Crippen LogP contribution in [0.1, 0.15) is 40.5 Å². The van der Waals surface area contributed by atoms with Gasteiger partial charge in [0, 0.05) is 12.8 Å². The molecule has 0 amide bonds. The highest BCUT2D eigenvalue weighted by molar-refractivity contribution is 5.39. The Morgan fingerprint density at radius 1 is 0.682 bits per heavy atom. The lowest BCUT2D eigenvalue weighted by Gasteiger charge is -2.41. The van der Waals surface area contributed by atoms with Crippen molar-refractivity contribution < 1.29 is 18.9 Å². The molecule has 0 radical (unpaired) electrons. The number of ether oxygens (including phenoxy) is 4. The third-order valence-corrected chi connectivity index (χ3v) is 4.32. The molecule has 124 valence electrons. The summed E-state index contributed by atoms with van der Waals surface area (Å²) in [5, 5.41) is 0. The van der Waals surface area contributed by atoms with Crippen LogP contribution in [-0.4, -0.2) is 37.6 Å². The summed E-state index contributed by atoms with van der Waals surface area (Å²) in [5.74, 6) is 1.58. The second-order valence-corrected chi connectivity index (χ2v) is 6.57. The highest BCUT2D eigenvalue weighted by Gasteiger charge is 2.38. The van der Waals surface area contributed by atoms with E-state index in [-0.39, 0.29) is 11.2 Å². The van der Waals surface area contributed by atoms with Crippen molar-refractivity contribution in [3.8, 4) is 11.5 Å². The predicted molar refractivity (Wildman–Crippen MR) is 86.7 cm³/mol. The number of para-hydroxylation sites is 2. The van der Waals surface area contributed by atoms with Crippen LogP contribution in [0.3, 0.4) is 0 Å². The van der Waals surface area contributed by atoms with Crippen molar-refractivity contribution >= 4 is 0 Å². The summed E-state index contributed by atoms with van der Waals surface area (Å²) in [5.41, 5.74) is -0.703. The Kier molecular flexibility index (Phi) is 5.70. The summed E-state index contributed by atoms with van der Waals surface area (Å²) < 4.78 is 23.7. The van der Waals surface area contributed by atoms with Crippen molar-refractivity contribution in [2.75, 3.05) is 26.4 Å². The van der Waals surface area contributed by atoms with Crippen LogP contribution < -0.4 is 9.47 Å². The van der Waals surface area contributed by atoms with Crippen molar-refractivity contribution in [2.45, 2.75) is 51.7 Å². The summed E-state index contributed by atoms with van der Waals surface area (Å²) in [6, 6.07) is 7.78. The van der Waals surface area contributed by atoms with Gasteiger partial charge in [-0.05, 0) is 39.8 Å². The van der Waals surface area contributed by atoms with Gasteiger partial charge in [0.2, 0.25) is 0 Å². The molecular weight excluding hydrogens is 280 g/mol. The first kappa shape index (κ1) is 17.1. The molecule has 0 aromatic heterocycles. The minimum atomic E-state index is -0.351. The van der Waals surface area contributed by atoms with Crippen LogP contribution in [0.5, 0.6) is 11.5 Å². The molecule has 0 atom stereocenters. The zero-order valence-corrected chi connectivity index (χ0v) is 14.2. The lowest BCUT2D eigenvalue weighted by Crippen LogP contribution is -2.50. The number of hydrogen-bond acceptors (Lipinski definition) is 4. The third-order valence-electron chi connectivity index (χ3n) is 4.32. The maximum absolute atomic E-state index is 6.04. The summed E-state index contributed by atoms with van der Waals surface area (Å²) in [4.78, 5) is 0. The average Bonchev–Trinajstić information content (AvgIpc) is 2.46. The molecule has 0 unspecified atom stereocenters. The lowest BCUT2D eigenvalue weighted by molar-refractivity contribution is -0.178. The Morgan fingerprint density at radius 3 is 1.50 bits per heavy atom. The normalized spacial score (nSPS) is 22.5. The Balaban J connectivity index is 2.03. The van der Waals surface area contributed by atoms with E-state index >= 15 is 0 Å². The molecular formula is C18H28O4. The van der Waals surface area contributed by atoms with E-state index in [0.717, 1.165) is 24.3 Å². The molecule has 4 heteroatoms. The van der Waals surface area contributed by atoms with E-state index in [1.807, 2.05) is 24.3 Å².